The summed E-state index contributed by atoms with van der Waals surface area (Å²) in [5.74, 6) is -5.27. The van der Waals surface area contributed by atoms with Crippen molar-refractivity contribution in [1.29, 1.82) is 0 Å². The van der Waals surface area contributed by atoms with Crippen LogP contribution in [0.4, 0.5) is 0 Å². The van der Waals surface area contributed by atoms with E-state index in [4.69, 9.17) is 18.9 Å². The van der Waals surface area contributed by atoms with E-state index in [1.54, 1.807) is 70.2 Å². The zero-order chi connectivity index (χ0) is 33.9. The molecule has 0 amide bonds. The molecule has 0 aromatic heterocycles. The third-order valence-electron chi connectivity index (χ3n) is 8.63. The van der Waals surface area contributed by atoms with Gasteiger partial charge in [-0.25, -0.2) is 4.79 Å². The quantitative estimate of drug-likeness (QED) is 0.256. The first-order chi connectivity index (χ1) is 20.9. The van der Waals surface area contributed by atoms with Gasteiger partial charge in [-0.2, -0.15) is 0 Å². The Morgan fingerprint density at radius 3 is 2.16 bits per heavy atom. The molecule has 45 heavy (non-hydrogen) atoms. The summed E-state index contributed by atoms with van der Waals surface area (Å²) in [6.07, 6.45) is -3.42. The Bertz CT molecular complexity index is 1280. The van der Waals surface area contributed by atoms with E-state index in [9.17, 15) is 29.4 Å². The fourth-order valence-electron chi connectivity index (χ4n) is 6.35. The molecule has 0 heterocycles. The number of ketones is 1. The first-order valence-corrected chi connectivity index (χ1v) is 15.5. The summed E-state index contributed by atoms with van der Waals surface area (Å²) in [7, 11) is 0. The van der Waals surface area contributed by atoms with Gasteiger partial charge < -0.3 is 29.2 Å². The lowest BCUT2D eigenvalue weighted by atomic mass is 9.72. The number of hydrogen-bond donors (Lipinski definition) is 2. The Morgan fingerprint density at radius 2 is 1.60 bits per heavy atom. The number of esters is 3. The van der Waals surface area contributed by atoms with E-state index in [1.165, 1.54) is 13.8 Å². The van der Waals surface area contributed by atoms with Crippen molar-refractivity contribution in [3.05, 3.63) is 60.2 Å². The molecule has 3 rings (SSSR count). The van der Waals surface area contributed by atoms with Crippen LogP contribution < -0.4 is 0 Å². The molecule has 9 atom stereocenters. The van der Waals surface area contributed by atoms with Crippen molar-refractivity contribution in [2.75, 3.05) is 6.61 Å². The van der Waals surface area contributed by atoms with Gasteiger partial charge in [0.2, 0.25) is 0 Å². The third-order valence-corrected chi connectivity index (χ3v) is 8.63. The lowest BCUT2D eigenvalue weighted by molar-refractivity contribution is -0.184. The summed E-state index contributed by atoms with van der Waals surface area (Å²) in [6, 6.07) is 8.14. The van der Waals surface area contributed by atoms with Gasteiger partial charge in [-0.05, 0) is 36.0 Å². The predicted molar refractivity (Wildman–Crippen MR) is 166 cm³/mol. The topological polar surface area (TPSA) is 146 Å². The molecule has 0 unspecified atom stereocenters. The highest BCUT2D eigenvalue weighted by Crippen LogP contribution is 2.48. The van der Waals surface area contributed by atoms with Crippen molar-refractivity contribution >= 4 is 23.7 Å². The summed E-state index contributed by atoms with van der Waals surface area (Å²) in [6.45, 7) is 17.4. The molecule has 2 aliphatic carbocycles. The van der Waals surface area contributed by atoms with E-state index in [2.05, 4.69) is 6.58 Å². The summed E-state index contributed by atoms with van der Waals surface area (Å²) < 4.78 is 24.1. The van der Waals surface area contributed by atoms with Crippen LogP contribution in [0.3, 0.4) is 0 Å². The van der Waals surface area contributed by atoms with E-state index in [-0.39, 0.29) is 30.1 Å². The number of ether oxygens (including phenoxy) is 4. The molecule has 1 fully saturated rings. The molecular formula is C35H48O10. The van der Waals surface area contributed by atoms with Gasteiger partial charge in [-0.15, -0.1) is 0 Å². The van der Waals surface area contributed by atoms with Gasteiger partial charge >= 0.3 is 17.9 Å². The maximum Gasteiger partial charge on any atom is 0.338 e. The van der Waals surface area contributed by atoms with Gasteiger partial charge in [0, 0.05) is 31.8 Å². The van der Waals surface area contributed by atoms with Crippen molar-refractivity contribution in [2.24, 2.45) is 29.1 Å². The Morgan fingerprint density at radius 1 is 1.00 bits per heavy atom. The number of rotatable bonds is 7. The van der Waals surface area contributed by atoms with Crippen LogP contribution in [-0.2, 0) is 33.3 Å². The number of Topliss-reactive ketones (excluding diaryl/α,β-unsaturated/α-hetero) is 1. The van der Waals surface area contributed by atoms with Crippen molar-refractivity contribution in [1.82, 2.24) is 0 Å². The maximum atomic E-state index is 14.0. The van der Waals surface area contributed by atoms with Crippen LogP contribution >= 0.6 is 0 Å². The molecule has 0 bridgehead atoms. The minimum absolute atomic E-state index is 0.0110. The van der Waals surface area contributed by atoms with E-state index in [1.807, 2.05) is 13.8 Å². The molecule has 0 saturated heterocycles. The number of carbonyl (C=O) groups excluding carboxylic acids is 4. The predicted octanol–water partition coefficient (Wildman–Crippen LogP) is 4.22. The van der Waals surface area contributed by atoms with Gasteiger partial charge in [0.15, 0.2) is 24.1 Å². The van der Waals surface area contributed by atoms with Crippen molar-refractivity contribution in [3.63, 3.8) is 0 Å². The van der Waals surface area contributed by atoms with Crippen LogP contribution in [0.5, 0.6) is 0 Å². The molecule has 2 N–H and O–H groups in total. The van der Waals surface area contributed by atoms with Crippen LogP contribution in [0.2, 0.25) is 0 Å². The van der Waals surface area contributed by atoms with Gasteiger partial charge in [0.05, 0.1) is 23.7 Å². The summed E-state index contributed by atoms with van der Waals surface area (Å²) in [5, 5.41) is 23.7. The van der Waals surface area contributed by atoms with E-state index in [0.29, 0.717) is 0 Å². The van der Waals surface area contributed by atoms with Crippen molar-refractivity contribution in [2.45, 2.75) is 97.9 Å². The van der Waals surface area contributed by atoms with Gasteiger partial charge in [-0.3, -0.25) is 14.4 Å². The number of hydrogen-bond acceptors (Lipinski definition) is 10. The number of carbonyl (C=O) groups is 4. The standard InChI is InChI=1S/C35H48O10/c1-19(2)18-42-28-22(5)29(45-33(40)25-13-11-10-12-14-25)30(43-23(6)36)32(44-24(7)37)34(8,9)16-15-20(3)31(39)35(41)17-21(4)27(38)26(28)35/h10-16,19-21,26-30,32,38,41H,5,17-18H2,1-4,6-9H3/b16-15+/t20-,21-,26+,27-,28-,29-,30+,32+,35+/m0/s1. The number of aliphatic hydroxyl groups excluding tert-OH is 1. The highest BCUT2D eigenvalue weighted by atomic mass is 16.6. The molecule has 248 valence electrons. The van der Waals surface area contributed by atoms with Crippen molar-refractivity contribution in [3.8, 4) is 0 Å². The molecular weight excluding hydrogens is 580 g/mol. The van der Waals surface area contributed by atoms with Crippen molar-refractivity contribution < 1.29 is 48.3 Å². The minimum atomic E-state index is -2.03. The number of fused-ring (bicyclic) bond motifs is 1. The maximum absolute atomic E-state index is 14.0. The molecule has 2 aliphatic rings. The first-order valence-electron chi connectivity index (χ1n) is 15.5. The Balaban J connectivity index is 2.37. The number of aliphatic hydroxyl groups is 2. The van der Waals surface area contributed by atoms with Gasteiger partial charge in [0.1, 0.15) is 5.60 Å². The van der Waals surface area contributed by atoms with E-state index < -0.39 is 83.0 Å². The summed E-state index contributed by atoms with van der Waals surface area (Å²) in [4.78, 5) is 52.8. The summed E-state index contributed by atoms with van der Waals surface area (Å²) in [5.41, 5.74) is -2.91. The minimum Gasteiger partial charge on any atom is -0.458 e. The average molecular weight is 629 g/mol. The zero-order valence-electron chi connectivity index (χ0n) is 27.5. The second-order valence-electron chi connectivity index (χ2n) is 13.5. The molecule has 10 nitrogen and oxygen atoms in total. The van der Waals surface area contributed by atoms with Crippen LogP contribution in [0.25, 0.3) is 0 Å². The first kappa shape index (κ1) is 36.1. The lowest BCUT2D eigenvalue weighted by Gasteiger charge is -2.44. The van der Waals surface area contributed by atoms with Crippen LogP contribution in [0, 0.1) is 29.1 Å². The Hall–Kier alpha value is -3.34. The van der Waals surface area contributed by atoms with Gasteiger partial charge in [-0.1, -0.05) is 78.5 Å². The number of allylic oxidation sites excluding steroid dienone is 1. The zero-order valence-corrected chi connectivity index (χ0v) is 27.5. The second kappa shape index (κ2) is 14.4. The molecule has 10 heteroatoms. The summed E-state index contributed by atoms with van der Waals surface area (Å²) >= 11 is 0. The molecule has 1 aromatic rings. The normalized spacial score (nSPS) is 34.2. The highest BCUT2D eigenvalue weighted by Gasteiger charge is 2.61. The van der Waals surface area contributed by atoms with Crippen LogP contribution in [0.1, 0.15) is 72.2 Å². The van der Waals surface area contributed by atoms with E-state index in [0.717, 1.165) is 0 Å². The lowest BCUT2D eigenvalue weighted by Crippen LogP contribution is -2.57. The Kier molecular flexibility index (Phi) is 11.6. The average Bonchev–Trinajstić information content (AvgIpc) is 3.19. The fourth-order valence-corrected chi connectivity index (χ4v) is 6.35. The van der Waals surface area contributed by atoms with Crippen LogP contribution in [-0.4, -0.2) is 76.6 Å². The fraction of sp³-hybridized carbons (Fsp3) is 0.600. The largest absolute Gasteiger partial charge is 0.458 e. The molecule has 0 radical (unpaired) electrons. The second-order valence-corrected chi connectivity index (χ2v) is 13.5. The SMILES string of the molecule is C=C1[C@H](OC(=O)c2ccccc2)[C@@H](OC(C)=O)[C@@H](OC(C)=O)C(C)(C)/C=C/[C@H](C)C(=O)[C@@]2(O)C[C@H](C)[C@H](O)[C@@H]2[C@H]1OCC(C)C. The van der Waals surface area contributed by atoms with Gasteiger partial charge in [0.25, 0.3) is 0 Å². The molecule has 0 spiro atoms. The molecule has 0 aliphatic heterocycles. The molecule has 1 aromatic carbocycles. The smallest absolute Gasteiger partial charge is 0.338 e. The van der Waals surface area contributed by atoms with Crippen LogP contribution in [0.15, 0.2) is 54.6 Å². The van der Waals surface area contributed by atoms with E-state index >= 15 is 0 Å². The number of benzene rings is 1. The highest BCUT2D eigenvalue weighted by molar-refractivity contribution is 5.91. The monoisotopic (exact) mass is 628 g/mol. The molecule has 1 saturated carbocycles. The Labute approximate surface area is 265 Å². The third kappa shape index (κ3) is 8.09.